The fourth-order valence-corrected chi connectivity index (χ4v) is 2.66. The summed E-state index contributed by atoms with van der Waals surface area (Å²) in [5, 5.41) is 2.72. The van der Waals surface area contributed by atoms with Crippen molar-refractivity contribution in [2.24, 2.45) is 0 Å². The zero-order valence-corrected chi connectivity index (χ0v) is 16.2. The van der Waals surface area contributed by atoms with Crippen LogP contribution in [0.25, 0.3) is 0 Å². The maximum Gasteiger partial charge on any atom is 0.422 e. The van der Waals surface area contributed by atoms with Gasteiger partial charge in [0.2, 0.25) is 0 Å². The van der Waals surface area contributed by atoms with Crippen molar-refractivity contribution in [3.8, 4) is 5.75 Å². The fourth-order valence-electron chi connectivity index (χ4n) is 2.66. The maximum atomic E-state index is 12.4. The second-order valence-electron chi connectivity index (χ2n) is 6.74. The zero-order chi connectivity index (χ0) is 20.7. The quantitative estimate of drug-likeness (QED) is 0.676. The number of benzene rings is 2. The molecule has 1 N–H and O–H groups in total. The van der Waals surface area contributed by atoms with Crippen LogP contribution in [0.4, 0.5) is 18.9 Å². The number of halogens is 3. The molecule has 0 bridgehead atoms. The first-order chi connectivity index (χ1) is 13.2. The summed E-state index contributed by atoms with van der Waals surface area (Å²) in [5.41, 5.74) is 2.11. The van der Waals surface area contributed by atoms with Gasteiger partial charge in [-0.2, -0.15) is 13.2 Å². The van der Waals surface area contributed by atoms with Crippen molar-refractivity contribution >= 4 is 11.6 Å². The molecule has 0 aliphatic rings. The molecular weight excluding hydrogens is 369 g/mol. The van der Waals surface area contributed by atoms with E-state index in [2.05, 4.69) is 35.7 Å². The van der Waals surface area contributed by atoms with Crippen molar-refractivity contribution in [2.75, 3.05) is 18.5 Å². The Balaban J connectivity index is 1.93. The molecule has 2 aromatic carbocycles. The number of carbonyl (C=O) groups is 1. The smallest absolute Gasteiger partial charge is 0.422 e. The number of nitrogens with one attached hydrogen (secondary N) is 1. The van der Waals surface area contributed by atoms with E-state index in [0.29, 0.717) is 17.3 Å². The van der Waals surface area contributed by atoms with Gasteiger partial charge in [-0.05, 0) is 62.4 Å². The van der Waals surface area contributed by atoms with Crippen LogP contribution in [0, 0.1) is 0 Å². The van der Waals surface area contributed by atoms with Crippen LogP contribution < -0.4 is 10.1 Å². The predicted octanol–water partition coefficient (Wildman–Crippen LogP) is 5.11. The molecule has 0 aliphatic carbocycles. The van der Waals surface area contributed by atoms with Gasteiger partial charge in [0.1, 0.15) is 5.75 Å². The molecule has 0 saturated heterocycles. The molecule has 2 rings (SSSR count). The summed E-state index contributed by atoms with van der Waals surface area (Å²) >= 11 is 0. The van der Waals surface area contributed by atoms with Crippen LogP contribution >= 0.6 is 0 Å². The van der Waals surface area contributed by atoms with E-state index in [1.54, 1.807) is 12.1 Å². The number of anilines is 1. The standard InChI is InChI=1S/C21H25F3N2O2/c1-4-26(15(2)3)13-16-5-7-17(8-6-16)20(27)25-18-9-11-19(12-10-18)28-14-21(22,23)24/h5-12,15H,4,13-14H2,1-3H3,(H,25,27). The number of carbonyl (C=O) groups excluding carboxylic acids is 1. The van der Waals surface area contributed by atoms with E-state index in [9.17, 15) is 18.0 Å². The molecule has 0 radical (unpaired) electrons. The first-order valence-electron chi connectivity index (χ1n) is 9.12. The number of alkyl halides is 3. The van der Waals surface area contributed by atoms with Crippen molar-refractivity contribution in [3.63, 3.8) is 0 Å². The van der Waals surface area contributed by atoms with Crippen LogP contribution in [0.5, 0.6) is 5.75 Å². The van der Waals surface area contributed by atoms with Crippen molar-refractivity contribution < 1.29 is 22.7 Å². The van der Waals surface area contributed by atoms with E-state index < -0.39 is 12.8 Å². The molecule has 152 valence electrons. The number of hydrogen-bond donors (Lipinski definition) is 1. The Morgan fingerprint density at radius 2 is 1.68 bits per heavy atom. The van der Waals surface area contributed by atoms with E-state index in [-0.39, 0.29) is 11.7 Å². The van der Waals surface area contributed by atoms with Gasteiger partial charge in [0.25, 0.3) is 5.91 Å². The average Bonchev–Trinajstić information content (AvgIpc) is 2.65. The summed E-state index contributed by atoms with van der Waals surface area (Å²) in [6, 6.07) is 13.6. The molecule has 0 fully saturated rings. The molecule has 28 heavy (non-hydrogen) atoms. The number of hydrogen-bond acceptors (Lipinski definition) is 3. The van der Waals surface area contributed by atoms with Crippen LogP contribution in [0.3, 0.4) is 0 Å². The highest BCUT2D eigenvalue weighted by atomic mass is 19.4. The topological polar surface area (TPSA) is 41.6 Å². The minimum Gasteiger partial charge on any atom is -0.484 e. The Hall–Kier alpha value is -2.54. The summed E-state index contributed by atoms with van der Waals surface area (Å²) in [5.74, 6) is -0.197. The summed E-state index contributed by atoms with van der Waals surface area (Å²) in [4.78, 5) is 14.7. The van der Waals surface area contributed by atoms with Crippen LogP contribution in [0.1, 0.15) is 36.7 Å². The zero-order valence-electron chi connectivity index (χ0n) is 16.2. The molecule has 0 aliphatic heterocycles. The lowest BCUT2D eigenvalue weighted by atomic mass is 10.1. The highest BCUT2D eigenvalue weighted by Gasteiger charge is 2.28. The fraction of sp³-hybridized carbons (Fsp3) is 0.381. The summed E-state index contributed by atoms with van der Waals surface area (Å²) in [6.07, 6.45) is -4.39. The molecule has 0 heterocycles. The Kier molecular flexibility index (Phi) is 7.45. The van der Waals surface area contributed by atoms with E-state index in [1.165, 1.54) is 24.3 Å². The monoisotopic (exact) mass is 394 g/mol. The van der Waals surface area contributed by atoms with Crippen molar-refractivity contribution in [1.82, 2.24) is 4.90 Å². The van der Waals surface area contributed by atoms with Crippen LogP contribution in [0.15, 0.2) is 48.5 Å². The molecule has 0 aromatic heterocycles. The molecule has 0 atom stereocenters. The van der Waals surface area contributed by atoms with Gasteiger partial charge in [0.15, 0.2) is 6.61 Å². The van der Waals surface area contributed by atoms with Crippen molar-refractivity contribution in [1.29, 1.82) is 0 Å². The van der Waals surface area contributed by atoms with Gasteiger partial charge < -0.3 is 10.1 Å². The molecule has 2 aromatic rings. The second-order valence-corrected chi connectivity index (χ2v) is 6.74. The minimum absolute atomic E-state index is 0.0882. The van der Waals surface area contributed by atoms with Gasteiger partial charge in [0, 0.05) is 23.8 Å². The number of rotatable bonds is 8. The number of amides is 1. The molecule has 0 spiro atoms. The molecule has 4 nitrogen and oxygen atoms in total. The maximum absolute atomic E-state index is 12.4. The van der Waals surface area contributed by atoms with Crippen molar-refractivity contribution in [2.45, 2.75) is 39.5 Å². The molecule has 0 unspecified atom stereocenters. The lowest BCUT2D eigenvalue weighted by Crippen LogP contribution is -2.29. The van der Waals surface area contributed by atoms with Crippen molar-refractivity contribution in [3.05, 3.63) is 59.7 Å². The Bertz CT molecular complexity index is 757. The molecule has 1 amide bonds. The van der Waals surface area contributed by atoms with E-state index in [0.717, 1.165) is 18.7 Å². The molecular formula is C21H25F3N2O2. The Morgan fingerprint density at radius 3 is 2.18 bits per heavy atom. The van der Waals surface area contributed by atoms with Crippen LogP contribution in [0.2, 0.25) is 0 Å². The number of nitrogens with zero attached hydrogens (tertiary/aromatic N) is 1. The van der Waals surface area contributed by atoms with Gasteiger partial charge in [-0.3, -0.25) is 9.69 Å². The highest BCUT2D eigenvalue weighted by Crippen LogP contribution is 2.20. The van der Waals surface area contributed by atoms with E-state index in [4.69, 9.17) is 0 Å². The van der Waals surface area contributed by atoms with E-state index >= 15 is 0 Å². The Labute approximate surface area is 163 Å². The third-order valence-corrected chi connectivity index (χ3v) is 4.25. The Morgan fingerprint density at radius 1 is 1.07 bits per heavy atom. The summed E-state index contributed by atoms with van der Waals surface area (Å²) in [7, 11) is 0. The second kappa shape index (κ2) is 9.59. The predicted molar refractivity (Wildman–Crippen MR) is 104 cm³/mol. The van der Waals surface area contributed by atoms with Gasteiger partial charge in [-0.25, -0.2) is 0 Å². The van der Waals surface area contributed by atoms with Crippen LogP contribution in [-0.2, 0) is 6.54 Å². The molecule has 0 saturated carbocycles. The number of ether oxygens (including phenoxy) is 1. The third-order valence-electron chi connectivity index (χ3n) is 4.25. The van der Waals surface area contributed by atoms with Gasteiger partial charge in [-0.1, -0.05) is 19.1 Å². The summed E-state index contributed by atoms with van der Waals surface area (Å²) < 4.78 is 41.1. The van der Waals surface area contributed by atoms with Gasteiger partial charge in [0.05, 0.1) is 0 Å². The normalized spacial score (nSPS) is 11.7. The highest BCUT2D eigenvalue weighted by molar-refractivity contribution is 6.04. The van der Waals surface area contributed by atoms with Crippen LogP contribution in [-0.4, -0.2) is 36.2 Å². The molecule has 7 heteroatoms. The minimum atomic E-state index is -4.39. The first kappa shape index (κ1) is 21.8. The largest absolute Gasteiger partial charge is 0.484 e. The third kappa shape index (κ3) is 6.88. The van der Waals surface area contributed by atoms with E-state index in [1.807, 2.05) is 12.1 Å². The average molecular weight is 394 g/mol. The lowest BCUT2D eigenvalue weighted by Gasteiger charge is -2.24. The van der Waals surface area contributed by atoms with Gasteiger partial charge in [-0.15, -0.1) is 0 Å². The SMILES string of the molecule is CCN(Cc1ccc(C(=O)Nc2ccc(OCC(F)(F)F)cc2)cc1)C(C)C. The lowest BCUT2D eigenvalue weighted by molar-refractivity contribution is -0.153. The summed E-state index contributed by atoms with van der Waals surface area (Å²) in [6.45, 7) is 6.81. The van der Waals surface area contributed by atoms with Gasteiger partial charge >= 0.3 is 6.18 Å². The first-order valence-corrected chi connectivity index (χ1v) is 9.12.